The van der Waals surface area contributed by atoms with Gasteiger partial charge in [0.2, 0.25) is 10.0 Å². The van der Waals surface area contributed by atoms with Gasteiger partial charge in [0.05, 0.1) is 17.0 Å². The van der Waals surface area contributed by atoms with E-state index in [0.29, 0.717) is 21.8 Å². The first kappa shape index (κ1) is 23.9. The van der Waals surface area contributed by atoms with Gasteiger partial charge in [-0.1, -0.05) is 54.6 Å². The molecule has 3 aromatic rings. The highest BCUT2D eigenvalue weighted by molar-refractivity contribution is 7.89. The molecule has 3 aromatic carbocycles. The third kappa shape index (κ3) is 4.84. The lowest BCUT2D eigenvalue weighted by Gasteiger charge is -2.27. The molecule has 1 aliphatic rings. The quantitative estimate of drug-likeness (QED) is 0.514. The first-order valence-corrected chi connectivity index (χ1v) is 11.8. The highest BCUT2D eigenvalue weighted by atomic mass is 32.2. The number of alkyl halides is 3. The van der Waals surface area contributed by atoms with Crippen LogP contribution in [0.2, 0.25) is 0 Å². The number of nitrogens with zero attached hydrogens (tertiary/aromatic N) is 2. The van der Waals surface area contributed by atoms with Crippen molar-refractivity contribution in [3.63, 3.8) is 0 Å². The number of amides is 1. The molecule has 34 heavy (non-hydrogen) atoms. The minimum atomic E-state index is -4.44. The third-order valence-electron chi connectivity index (χ3n) is 5.69. The van der Waals surface area contributed by atoms with Gasteiger partial charge in [-0.3, -0.25) is 10.0 Å². The highest BCUT2D eigenvalue weighted by Crippen LogP contribution is 2.32. The molecule has 1 fully saturated rings. The molecular formula is C24H21F3N2O4S. The van der Waals surface area contributed by atoms with Gasteiger partial charge in [0.15, 0.2) is 0 Å². The molecule has 1 amide bonds. The van der Waals surface area contributed by atoms with E-state index in [1.165, 1.54) is 36.4 Å². The minimum Gasteiger partial charge on any atom is -0.286 e. The summed E-state index contributed by atoms with van der Waals surface area (Å²) in [6.45, 7) is -0.0365. The van der Waals surface area contributed by atoms with Crippen LogP contribution >= 0.6 is 0 Å². The SMILES string of the molecule is O=C1C(N(Cc2ccccc2)S(=O)(=O)c2ccc(-c3ccc(C(F)(F)F)cc3)cc2)CCN1O. The molecule has 1 saturated heterocycles. The Kier molecular flexibility index (Phi) is 6.48. The summed E-state index contributed by atoms with van der Waals surface area (Å²) in [6.07, 6.45) is -4.30. The van der Waals surface area contributed by atoms with Crippen LogP contribution in [0, 0.1) is 0 Å². The van der Waals surface area contributed by atoms with E-state index in [0.717, 1.165) is 16.4 Å². The molecule has 6 nitrogen and oxygen atoms in total. The molecule has 0 spiro atoms. The van der Waals surface area contributed by atoms with Crippen molar-refractivity contribution in [1.29, 1.82) is 0 Å². The van der Waals surface area contributed by atoms with Crippen LogP contribution in [0.4, 0.5) is 13.2 Å². The van der Waals surface area contributed by atoms with Crippen molar-refractivity contribution in [2.75, 3.05) is 6.54 Å². The normalized spacial score (nSPS) is 16.9. The molecule has 1 N–H and O–H groups in total. The lowest BCUT2D eigenvalue weighted by atomic mass is 10.0. The molecule has 1 aliphatic heterocycles. The van der Waals surface area contributed by atoms with Crippen molar-refractivity contribution < 1.29 is 31.6 Å². The average Bonchev–Trinajstić information content (AvgIpc) is 3.15. The van der Waals surface area contributed by atoms with E-state index in [1.807, 2.05) is 0 Å². The van der Waals surface area contributed by atoms with Crippen molar-refractivity contribution >= 4 is 15.9 Å². The molecule has 1 atom stereocenters. The van der Waals surface area contributed by atoms with Gasteiger partial charge in [-0.05, 0) is 47.4 Å². The highest BCUT2D eigenvalue weighted by Gasteiger charge is 2.41. The maximum Gasteiger partial charge on any atom is 0.416 e. The van der Waals surface area contributed by atoms with E-state index in [-0.39, 0.29) is 24.4 Å². The number of hydrogen-bond acceptors (Lipinski definition) is 4. The second kappa shape index (κ2) is 9.21. The number of carbonyl (C=O) groups excluding carboxylic acids is 1. The van der Waals surface area contributed by atoms with E-state index < -0.39 is 33.7 Å². The molecule has 178 valence electrons. The lowest BCUT2D eigenvalue weighted by Crippen LogP contribution is -2.44. The van der Waals surface area contributed by atoms with Crippen LogP contribution < -0.4 is 0 Å². The first-order chi connectivity index (χ1) is 16.1. The Morgan fingerprint density at radius 3 is 1.97 bits per heavy atom. The van der Waals surface area contributed by atoms with Crippen LogP contribution in [0.25, 0.3) is 11.1 Å². The summed E-state index contributed by atoms with van der Waals surface area (Å²) in [7, 11) is -4.14. The Balaban J connectivity index is 1.64. The zero-order valence-electron chi connectivity index (χ0n) is 17.8. The molecule has 0 saturated carbocycles. The fraction of sp³-hybridized carbons (Fsp3) is 0.208. The Morgan fingerprint density at radius 1 is 0.912 bits per heavy atom. The molecule has 0 aromatic heterocycles. The van der Waals surface area contributed by atoms with E-state index in [4.69, 9.17) is 0 Å². The summed E-state index contributed by atoms with van der Waals surface area (Å²) in [5.41, 5.74) is 0.948. The van der Waals surface area contributed by atoms with Crippen molar-refractivity contribution in [1.82, 2.24) is 9.37 Å². The van der Waals surface area contributed by atoms with Crippen molar-refractivity contribution in [2.24, 2.45) is 0 Å². The zero-order chi connectivity index (χ0) is 24.5. The zero-order valence-corrected chi connectivity index (χ0v) is 18.6. The van der Waals surface area contributed by atoms with E-state index in [1.54, 1.807) is 30.3 Å². The van der Waals surface area contributed by atoms with Crippen molar-refractivity contribution in [2.45, 2.75) is 30.1 Å². The van der Waals surface area contributed by atoms with Crippen LogP contribution in [0.15, 0.2) is 83.8 Å². The van der Waals surface area contributed by atoms with Crippen molar-refractivity contribution in [3.05, 3.63) is 90.0 Å². The fourth-order valence-electron chi connectivity index (χ4n) is 3.85. The summed E-state index contributed by atoms with van der Waals surface area (Å²) in [5.74, 6) is -0.694. The second-order valence-corrected chi connectivity index (χ2v) is 9.79. The van der Waals surface area contributed by atoms with Crippen LogP contribution in [0.5, 0.6) is 0 Å². The van der Waals surface area contributed by atoms with Crippen LogP contribution in [0.3, 0.4) is 0 Å². The van der Waals surface area contributed by atoms with Crippen LogP contribution in [-0.4, -0.2) is 41.5 Å². The number of rotatable bonds is 6. The largest absolute Gasteiger partial charge is 0.416 e. The number of benzene rings is 3. The number of sulfonamides is 1. The van der Waals surface area contributed by atoms with Gasteiger partial charge < -0.3 is 0 Å². The van der Waals surface area contributed by atoms with Crippen molar-refractivity contribution in [3.8, 4) is 11.1 Å². The van der Waals surface area contributed by atoms with Gasteiger partial charge in [-0.15, -0.1) is 0 Å². The topological polar surface area (TPSA) is 77.9 Å². The van der Waals surface area contributed by atoms with E-state index in [9.17, 15) is 31.6 Å². The van der Waals surface area contributed by atoms with Gasteiger partial charge in [0, 0.05) is 6.54 Å². The Morgan fingerprint density at radius 2 is 1.47 bits per heavy atom. The Hall–Kier alpha value is -3.21. The summed E-state index contributed by atoms with van der Waals surface area (Å²) in [4.78, 5) is 12.4. The van der Waals surface area contributed by atoms with Gasteiger partial charge in [0.25, 0.3) is 5.91 Å². The average molecular weight is 491 g/mol. The molecule has 0 bridgehead atoms. The van der Waals surface area contributed by atoms with Gasteiger partial charge in [-0.2, -0.15) is 17.5 Å². The molecule has 10 heteroatoms. The molecular weight excluding hydrogens is 469 g/mol. The maximum absolute atomic E-state index is 13.5. The summed E-state index contributed by atoms with van der Waals surface area (Å²) < 4.78 is 66.5. The van der Waals surface area contributed by atoms with Crippen LogP contribution in [0.1, 0.15) is 17.5 Å². The monoisotopic (exact) mass is 490 g/mol. The number of hydrogen-bond donors (Lipinski definition) is 1. The Bertz CT molecular complexity index is 1260. The second-order valence-electron chi connectivity index (χ2n) is 7.90. The lowest BCUT2D eigenvalue weighted by molar-refractivity contribution is -0.159. The predicted molar refractivity (Wildman–Crippen MR) is 118 cm³/mol. The summed E-state index contributed by atoms with van der Waals surface area (Å²) in [6, 6.07) is 18.0. The number of halogens is 3. The molecule has 4 rings (SSSR count). The number of hydroxylamine groups is 2. The molecule has 1 heterocycles. The fourth-order valence-corrected chi connectivity index (χ4v) is 5.45. The minimum absolute atomic E-state index is 0.0250. The molecule has 0 aliphatic carbocycles. The third-order valence-corrected chi connectivity index (χ3v) is 7.56. The smallest absolute Gasteiger partial charge is 0.286 e. The predicted octanol–water partition coefficient (Wildman–Crippen LogP) is 4.55. The Labute approximate surface area is 194 Å². The van der Waals surface area contributed by atoms with Gasteiger partial charge in [0.1, 0.15) is 6.04 Å². The number of carbonyl (C=O) groups is 1. The molecule has 1 unspecified atom stereocenters. The summed E-state index contributed by atoms with van der Waals surface area (Å²) >= 11 is 0. The standard InChI is InChI=1S/C24H21F3N2O4S/c25-24(26,27)20-10-6-18(7-11-20)19-8-12-21(13-9-19)34(32,33)29(16-17-4-2-1-3-5-17)22-14-15-28(31)23(22)30/h1-13,22,31H,14-16H2. The summed E-state index contributed by atoms with van der Waals surface area (Å²) in [5, 5.41) is 10.3. The maximum atomic E-state index is 13.5. The van der Waals surface area contributed by atoms with Gasteiger partial charge in [-0.25, -0.2) is 13.5 Å². The first-order valence-electron chi connectivity index (χ1n) is 10.4. The molecule has 0 radical (unpaired) electrons. The van der Waals surface area contributed by atoms with E-state index in [2.05, 4.69) is 0 Å². The van der Waals surface area contributed by atoms with E-state index >= 15 is 0 Å². The van der Waals surface area contributed by atoms with Gasteiger partial charge >= 0.3 is 6.18 Å². The van der Waals surface area contributed by atoms with Crippen LogP contribution in [-0.2, 0) is 27.5 Å².